The lowest BCUT2D eigenvalue weighted by atomic mass is 10.1. The van der Waals surface area contributed by atoms with Gasteiger partial charge >= 0.3 is 6.18 Å². The van der Waals surface area contributed by atoms with Crippen molar-refractivity contribution in [3.8, 4) is 0 Å². The molecule has 0 saturated carbocycles. The number of halogens is 3. The average Bonchev–Trinajstić information content (AvgIpc) is 2.62. The van der Waals surface area contributed by atoms with Crippen molar-refractivity contribution in [1.82, 2.24) is 20.0 Å². The summed E-state index contributed by atoms with van der Waals surface area (Å²) in [5, 5.41) is 2.88. The van der Waals surface area contributed by atoms with Crippen molar-refractivity contribution in [3.05, 3.63) is 35.4 Å². The normalized spacial score (nSPS) is 16.2. The number of alkyl halides is 3. The summed E-state index contributed by atoms with van der Waals surface area (Å²) in [6, 6.07) is 8.42. The molecule has 9 heteroatoms. The fourth-order valence-corrected chi connectivity index (χ4v) is 3.17. The number of hydrogen-bond acceptors (Lipinski definition) is 3. The Balaban J connectivity index is 1.79. The molecule has 0 unspecified atom stereocenters. The molecular weight excluding hydrogens is 371 g/mol. The first-order chi connectivity index (χ1) is 13.2. The Morgan fingerprint density at radius 2 is 1.93 bits per heavy atom. The summed E-state index contributed by atoms with van der Waals surface area (Å²) in [4.78, 5) is 21.1. The number of carbonyl (C=O) groups is 1. The molecule has 28 heavy (non-hydrogen) atoms. The van der Waals surface area contributed by atoms with Crippen molar-refractivity contribution in [1.29, 1.82) is 0 Å². The highest BCUT2D eigenvalue weighted by molar-refractivity contribution is 5.86. The molecule has 1 aliphatic rings. The van der Waals surface area contributed by atoms with Gasteiger partial charge in [0.2, 0.25) is 5.91 Å². The fraction of sp³-hybridized carbons (Fsp3) is 0.579. The standard InChI is InChI=1S/C19H28F3N5O/c1-15-5-4-6-16(11-15)13-26-7-9-27(10-8-26)18(23-2)24-12-17(28)25(3)14-19(20,21)22/h4-6,11H,7-10,12-14H2,1-3H3,(H,23,24). The van der Waals surface area contributed by atoms with Gasteiger partial charge in [-0.15, -0.1) is 0 Å². The van der Waals surface area contributed by atoms with E-state index in [1.54, 1.807) is 7.05 Å². The number of benzene rings is 1. The maximum Gasteiger partial charge on any atom is 0.406 e. The SMILES string of the molecule is CN=C(NCC(=O)N(C)CC(F)(F)F)N1CCN(Cc2cccc(C)c2)CC1. The third kappa shape index (κ3) is 7.03. The second-order valence-electron chi connectivity index (χ2n) is 7.02. The third-order valence-electron chi connectivity index (χ3n) is 4.61. The fourth-order valence-electron chi connectivity index (χ4n) is 3.17. The molecule has 0 spiro atoms. The Morgan fingerprint density at radius 1 is 1.25 bits per heavy atom. The zero-order valence-corrected chi connectivity index (χ0v) is 16.6. The van der Waals surface area contributed by atoms with Gasteiger partial charge in [-0.1, -0.05) is 29.8 Å². The van der Waals surface area contributed by atoms with Gasteiger partial charge in [-0.2, -0.15) is 13.2 Å². The van der Waals surface area contributed by atoms with Gasteiger partial charge in [0.25, 0.3) is 0 Å². The molecule has 2 rings (SSSR count). The number of aryl methyl sites for hydroxylation is 1. The van der Waals surface area contributed by atoms with Gasteiger partial charge in [-0.3, -0.25) is 14.7 Å². The molecule has 0 aliphatic carbocycles. The van der Waals surface area contributed by atoms with Crippen LogP contribution in [0.4, 0.5) is 13.2 Å². The number of nitrogens with zero attached hydrogens (tertiary/aromatic N) is 4. The van der Waals surface area contributed by atoms with Crippen LogP contribution in [0.2, 0.25) is 0 Å². The van der Waals surface area contributed by atoms with Crippen LogP contribution in [0.3, 0.4) is 0 Å². The Morgan fingerprint density at radius 3 is 2.50 bits per heavy atom. The number of nitrogens with one attached hydrogen (secondary N) is 1. The summed E-state index contributed by atoms with van der Waals surface area (Å²) < 4.78 is 37.2. The number of carbonyl (C=O) groups excluding carboxylic acids is 1. The van der Waals surface area contributed by atoms with Gasteiger partial charge < -0.3 is 15.1 Å². The van der Waals surface area contributed by atoms with Crippen LogP contribution in [0.5, 0.6) is 0 Å². The van der Waals surface area contributed by atoms with Crippen LogP contribution in [-0.4, -0.2) is 86.1 Å². The summed E-state index contributed by atoms with van der Waals surface area (Å²) in [6.07, 6.45) is -4.40. The first-order valence-electron chi connectivity index (χ1n) is 9.22. The van der Waals surface area contributed by atoms with Crippen molar-refractivity contribution in [3.63, 3.8) is 0 Å². The molecule has 1 fully saturated rings. The van der Waals surface area contributed by atoms with E-state index in [-0.39, 0.29) is 6.54 Å². The highest BCUT2D eigenvalue weighted by Gasteiger charge is 2.31. The number of piperazine rings is 1. The van der Waals surface area contributed by atoms with Crippen LogP contribution >= 0.6 is 0 Å². The number of hydrogen-bond donors (Lipinski definition) is 1. The van der Waals surface area contributed by atoms with E-state index in [1.807, 2.05) is 4.90 Å². The maximum atomic E-state index is 12.4. The minimum Gasteiger partial charge on any atom is -0.347 e. The lowest BCUT2D eigenvalue weighted by Gasteiger charge is -2.36. The zero-order valence-electron chi connectivity index (χ0n) is 16.6. The van der Waals surface area contributed by atoms with Crippen LogP contribution in [0.1, 0.15) is 11.1 Å². The van der Waals surface area contributed by atoms with Gasteiger partial charge in [0.15, 0.2) is 5.96 Å². The van der Waals surface area contributed by atoms with Crippen LogP contribution in [0, 0.1) is 6.92 Å². The lowest BCUT2D eigenvalue weighted by molar-refractivity contribution is -0.157. The van der Waals surface area contributed by atoms with E-state index in [0.29, 0.717) is 10.9 Å². The number of likely N-dealkylation sites (N-methyl/N-ethyl adjacent to an activating group) is 1. The van der Waals surface area contributed by atoms with E-state index in [9.17, 15) is 18.0 Å². The third-order valence-corrected chi connectivity index (χ3v) is 4.61. The predicted octanol–water partition coefficient (Wildman–Crippen LogP) is 1.71. The van der Waals surface area contributed by atoms with Gasteiger partial charge in [-0.05, 0) is 12.5 Å². The second kappa shape index (κ2) is 9.77. The lowest BCUT2D eigenvalue weighted by Crippen LogP contribution is -2.53. The summed E-state index contributed by atoms with van der Waals surface area (Å²) in [7, 11) is 2.75. The molecule has 1 aromatic rings. The van der Waals surface area contributed by atoms with E-state index in [1.165, 1.54) is 11.1 Å². The van der Waals surface area contributed by atoms with Crippen LogP contribution in [0.25, 0.3) is 0 Å². The van der Waals surface area contributed by atoms with Crippen molar-refractivity contribution < 1.29 is 18.0 Å². The quantitative estimate of drug-likeness (QED) is 0.605. The Bertz CT molecular complexity index is 684. The molecule has 1 heterocycles. The van der Waals surface area contributed by atoms with Crippen LogP contribution < -0.4 is 5.32 Å². The minimum absolute atomic E-state index is 0.219. The average molecular weight is 399 g/mol. The summed E-state index contributed by atoms with van der Waals surface area (Å²) in [6.45, 7) is 4.63. The van der Waals surface area contributed by atoms with Crippen molar-refractivity contribution >= 4 is 11.9 Å². The van der Waals surface area contributed by atoms with Gasteiger partial charge in [0.05, 0.1) is 6.54 Å². The van der Waals surface area contributed by atoms with Gasteiger partial charge in [0, 0.05) is 46.8 Å². The molecule has 1 amide bonds. The van der Waals surface area contributed by atoms with E-state index in [0.717, 1.165) is 39.8 Å². The smallest absolute Gasteiger partial charge is 0.347 e. The Hall–Kier alpha value is -2.29. The van der Waals surface area contributed by atoms with E-state index in [2.05, 4.69) is 46.4 Å². The summed E-state index contributed by atoms with van der Waals surface area (Å²) in [5.74, 6) is -0.0967. The topological polar surface area (TPSA) is 51.2 Å². The highest BCUT2D eigenvalue weighted by atomic mass is 19.4. The Labute approximate surface area is 164 Å². The van der Waals surface area contributed by atoms with Crippen LogP contribution in [0.15, 0.2) is 29.3 Å². The van der Waals surface area contributed by atoms with Gasteiger partial charge in [0.1, 0.15) is 6.54 Å². The minimum atomic E-state index is -4.40. The molecule has 0 radical (unpaired) electrons. The number of guanidine groups is 1. The monoisotopic (exact) mass is 399 g/mol. The largest absolute Gasteiger partial charge is 0.406 e. The number of rotatable bonds is 5. The van der Waals surface area contributed by atoms with Crippen molar-refractivity contribution in [2.75, 3.05) is 53.4 Å². The maximum absolute atomic E-state index is 12.4. The molecule has 0 atom stereocenters. The number of amides is 1. The number of aliphatic imine (C=N–C) groups is 1. The Kier molecular flexibility index (Phi) is 7.68. The molecule has 1 aliphatic heterocycles. The molecule has 1 aromatic carbocycles. The molecule has 1 N–H and O–H groups in total. The molecular formula is C19H28F3N5O. The second-order valence-corrected chi connectivity index (χ2v) is 7.02. The van der Waals surface area contributed by atoms with E-state index < -0.39 is 18.6 Å². The predicted molar refractivity (Wildman–Crippen MR) is 103 cm³/mol. The molecule has 1 saturated heterocycles. The van der Waals surface area contributed by atoms with E-state index >= 15 is 0 Å². The zero-order chi connectivity index (χ0) is 20.7. The van der Waals surface area contributed by atoms with E-state index in [4.69, 9.17) is 0 Å². The van der Waals surface area contributed by atoms with Gasteiger partial charge in [-0.25, -0.2) is 0 Å². The molecule has 156 valence electrons. The van der Waals surface area contributed by atoms with Crippen LogP contribution in [-0.2, 0) is 11.3 Å². The first-order valence-corrected chi connectivity index (χ1v) is 9.22. The summed E-state index contributed by atoms with van der Waals surface area (Å²) >= 11 is 0. The molecule has 0 bridgehead atoms. The van der Waals surface area contributed by atoms with Crippen molar-refractivity contribution in [2.24, 2.45) is 4.99 Å². The summed E-state index contributed by atoms with van der Waals surface area (Å²) in [5.41, 5.74) is 2.51. The highest BCUT2D eigenvalue weighted by Crippen LogP contribution is 2.15. The molecule has 0 aromatic heterocycles. The molecule has 6 nitrogen and oxygen atoms in total. The first kappa shape index (κ1) is 22.0. The van der Waals surface area contributed by atoms with Crippen molar-refractivity contribution in [2.45, 2.75) is 19.6 Å².